The molecule has 1 aromatic carbocycles. The molecule has 102 valence electrons. The summed E-state index contributed by atoms with van der Waals surface area (Å²) < 4.78 is 10.5. The predicted molar refractivity (Wildman–Crippen MR) is 70.2 cm³/mol. The first-order valence-corrected chi connectivity index (χ1v) is 6.64. The highest BCUT2D eigenvalue weighted by atomic mass is 35.5. The number of hydrogen-bond acceptors (Lipinski definition) is 4. The van der Waals surface area contributed by atoms with Crippen LogP contribution < -0.4 is 20.5 Å². The Labute approximate surface area is 116 Å². The zero-order valence-corrected chi connectivity index (χ0v) is 11.1. The number of carbonyl (C=O) groups is 1. The van der Waals surface area contributed by atoms with Gasteiger partial charge in [0.2, 0.25) is 12.7 Å². The number of benzene rings is 1. The van der Waals surface area contributed by atoms with Gasteiger partial charge in [0, 0.05) is 0 Å². The number of halogens is 1. The SMILES string of the molecule is NC(=O)C(NCC1CC1)c1cc(Cl)c2c(c1)OCO2. The molecule has 1 aliphatic carbocycles. The van der Waals surface area contributed by atoms with Gasteiger partial charge in [-0.1, -0.05) is 11.6 Å². The average molecular weight is 283 g/mol. The average Bonchev–Trinajstić information content (AvgIpc) is 3.05. The molecule has 3 N–H and O–H groups in total. The van der Waals surface area contributed by atoms with Crippen molar-refractivity contribution in [2.24, 2.45) is 11.7 Å². The highest BCUT2D eigenvalue weighted by Gasteiger charge is 2.27. The number of nitrogens with two attached hydrogens (primary N) is 1. The molecule has 5 nitrogen and oxygen atoms in total. The summed E-state index contributed by atoms with van der Waals surface area (Å²) in [6.07, 6.45) is 2.42. The molecule has 0 spiro atoms. The van der Waals surface area contributed by atoms with Gasteiger partial charge in [0.05, 0.1) is 5.02 Å². The van der Waals surface area contributed by atoms with Crippen LogP contribution in [-0.2, 0) is 4.79 Å². The Balaban J connectivity index is 1.84. The van der Waals surface area contributed by atoms with E-state index in [0.29, 0.717) is 28.0 Å². The summed E-state index contributed by atoms with van der Waals surface area (Å²) in [5, 5.41) is 3.62. The van der Waals surface area contributed by atoms with Crippen LogP contribution in [-0.4, -0.2) is 19.2 Å². The third-order valence-corrected chi connectivity index (χ3v) is 3.66. The smallest absolute Gasteiger partial charge is 0.239 e. The third-order valence-electron chi connectivity index (χ3n) is 3.37. The van der Waals surface area contributed by atoms with Crippen LogP contribution >= 0.6 is 11.6 Å². The molecule has 1 heterocycles. The lowest BCUT2D eigenvalue weighted by Gasteiger charge is -2.16. The molecule has 6 heteroatoms. The van der Waals surface area contributed by atoms with Crippen LogP contribution in [0.15, 0.2) is 12.1 Å². The van der Waals surface area contributed by atoms with Gasteiger partial charge >= 0.3 is 0 Å². The van der Waals surface area contributed by atoms with E-state index >= 15 is 0 Å². The maximum Gasteiger partial charge on any atom is 0.239 e. The lowest BCUT2D eigenvalue weighted by atomic mass is 10.1. The second kappa shape index (κ2) is 4.90. The highest BCUT2D eigenvalue weighted by molar-refractivity contribution is 6.32. The van der Waals surface area contributed by atoms with Crippen LogP contribution in [0, 0.1) is 5.92 Å². The maximum atomic E-state index is 11.6. The van der Waals surface area contributed by atoms with Gasteiger partial charge in [0.25, 0.3) is 0 Å². The summed E-state index contributed by atoms with van der Waals surface area (Å²) in [5.74, 6) is 1.32. The fourth-order valence-corrected chi connectivity index (χ4v) is 2.42. The van der Waals surface area contributed by atoms with Crippen molar-refractivity contribution in [3.05, 3.63) is 22.7 Å². The Morgan fingerprint density at radius 1 is 1.47 bits per heavy atom. The maximum absolute atomic E-state index is 11.6. The van der Waals surface area contributed by atoms with Crippen LogP contribution in [0.3, 0.4) is 0 Å². The van der Waals surface area contributed by atoms with Gasteiger partial charge in [-0.25, -0.2) is 0 Å². The normalized spacial score (nSPS) is 18.4. The highest BCUT2D eigenvalue weighted by Crippen LogP contribution is 2.41. The predicted octanol–water partition coefficient (Wildman–Crippen LogP) is 1.59. The lowest BCUT2D eigenvalue weighted by Crippen LogP contribution is -2.34. The van der Waals surface area contributed by atoms with Crippen molar-refractivity contribution in [2.45, 2.75) is 18.9 Å². The quantitative estimate of drug-likeness (QED) is 0.860. The molecule has 2 aliphatic rings. The molecular formula is C13H15ClN2O3. The number of ether oxygens (including phenoxy) is 2. The van der Waals surface area contributed by atoms with Crippen LogP contribution in [0.2, 0.25) is 5.02 Å². The number of nitrogens with one attached hydrogen (secondary N) is 1. The van der Waals surface area contributed by atoms with Crippen molar-refractivity contribution in [1.82, 2.24) is 5.32 Å². The molecule has 0 radical (unpaired) electrons. The molecule has 1 aliphatic heterocycles. The summed E-state index contributed by atoms with van der Waals surface area (Å²) in [4.78, 5) is 11.6. The molecule has 1 saturated carbocycles. The Bertz CT molecular complexity index is 517. The van der Waals surface area contributed by atoms with Crippen LogP contribution in [0.5, 0.6) is 11.5 Å². The van der Waals surface area contributed by atoms with Crippen LogP contribution in [0.25, 0.3) is 0 Å². The molecule has 1 aromatic rings. The van der Waals surface area contributed by atoms with E-state index in [1.807, 2.05) is 0 Å². The Kier molecular flexibility index (Phi) is 3.24. The lowest BCUT2D eigenvalue weighted by molar-refractivity contribution is -0.120. The first-order valence-electron chi connectivity index (χ1n) is 6.27. The number of amides is 1. The summed E-state index contributed by atoms with van der Waals surface area (Å²) >= 11 is 6.11. The summed E-state index contributed by atoms with van der Waals surface area (Å²) in [6.45, 7) is 0.939. The van der Waals surface area contributed by atoms with Gasteiger partial charge in [0.1, 0.15) is 6.04 Å². The zero-order valence-electron chi connectivity index (χ0n) is 10.3. The minimum atomic E-state index is -0.549. The van der Waals surface area contributed by atoms with Gasteiger partial charge in [-0.05, 0) is 43.0 Å². The molecule has 0 saturated heterocycles. The summed E-state index contributed by atoms with van der Waals surface area (Å²) in [7, 11) is 0. The first kappa shape index (κ1) is 12.6. The minimum absolute atomic E-state index is 0.148. The van der Waals surface area contributed by atoms with E-state index in [2.05, 4.69) is 5.32 Å². The Morgan fingerprint density at radius 3 is 2.95 bits per heavy atom. The number of fused-ring (bicyclic) bond motifs is 1. The molecule has 0 bridgehead atoms. The fraction of sp³-hybridized carbons (Fsp3) is 0.462. The zero-order chi connectivity index (χ0) is 13.4. The van der Waals surface area contributed by atoms with Gasteiger partial charge in [-0.2, -0.15) is 0 Å². The van der Waals surface area contributed by atoms with Crippen LogP contribution in [0.4, 0.5) is 0 Å². The molecule has 0 aromatic heterocycles. The van der Waals surface area contributed by atoms with E-state index in [0.717, 1.165) is 6.54 Å². The van der Waals surface area contributed by atoms with E-state index in [-0.39, 0.29) is 6.79 Å². The van der Waals surface area contributed by atoms with Crippen molar-refractivity contribution in [3.8, 4) is 11.5 Å². The third kappa shape index (κ3) is 2.62. The Hall–Kier alpha value is -1.46. The second-order valence-corrected chi connectivity index (χ2v) is 5.33. The van der Waals surface area contributed by atoms with Crippen molar-refractivity contribution in [2.75, 3.05) is 13.3 Å². The molecule has 3 rings (SSSR count). The number of carbonyl (C=O) groups excluding carboxylic acids is 1. The molecule has 1 unspecified atom stereocenters. The van der Waals surface area contributed by atoms with E-state index in [9.17, 15) is 4.79 Å². The van der Waals surface area contributed by atoms with Crippen molar-refractivity contribution in [3.63, 3.8) is 0 Å². The second-order valence-electron chi connectivity index (χ2n) is 4.92. The van der Waals surface area contributed by atoms with Gasteiger partial charge < -0.3 is 20.5 Å². The van der Waals surface area contributed by atoms with Crippen molar-refractivity contribution < 1.29 is 14.3 Å². The van der Waals surface area contributed by atoms with E-state index in [1.54, 1.807) is 12.1 Å². The van der Waals surface area contributed by atoms with Gasteiger partial charge in [-0.3, -0.25) is 4.79 Å². The van der Waals surface area contributed by atoms with Crippen molar-refractivity contribution in [1.29, 1.82) is 0 Å². The molecular weight excluding hydrogens is 268 g/mol. The monoisotopic (exact) mass is 282 g/mol. The molecule has 1 atom stereocenters. The Morgan fingerprint density at radius 2 is 2.26 bits per heavy atom. The number of primary amides is 1. The first-order chi connectivity index (χ1) is 9.15. The van der Waals surface area contributed by atoms with E-state index < -0.39 is 11.9 Å². The molecule has 1 fully saturated rings. The van der Waals surface area contributed by atoms with Crippen LogP contribution in [0.1, 0.15) is 24.4 Å². The largest absolute Gasteiger partial charge is 0.454 e. The molecule has 1 amide bonds. The fourth-order valence-electron chi connectivity index (χ4n) is 2.14. The van der Waals surface area contributed by atoms with E-state index in [1.165, 1.54) is 12.8 Å². The topological polar surface area (TPSA) is 73.6 Å². The summed E-state index contributed by atoms with van der Waals surface area (Å²) in [5.41, 5.74) is 6.16. The van der Waals surface area contributed by atoms with Gasteiger partial charge in [0.15, 0.2) is 11.5 Å². The van der Waals surface area contributed by atoms with E-state index in [4.69, 9.17) is 26.8 Å². The summed E-state index contributed by atoms with van der Waals surface area (Å²) in [6, 6.07) is 2.90. The standard InChI is InChI=1S/C13H15ClN2O3/c14-9-3-8(4-10-12(9)19-6-18-10)11(13(15)17)16-5-7-1-2-7/h3-4,7,11,16H,1-2,5-6H2,(H2,15,17). The number of hydrogen-bond donors (Lipinski definition) is 2. The van der Waals surface area contributed by atoms with Gasteiger partial charge in [-0.15, -0.1) is 0 Å². The number of rotatable bonds is 5. The minimum Gasteiger partial charge on any atom is -0.454 e. The van der Waals surface area contributed by atoms with Crippen molar-refractivity contribution >= 4 is 17.5 Å². The molecule has 19 heavy (non-hydrogen) atoms.